The number of hydrogen-bond acceptors (Lipinski definition) is 5. The summed E-state index contributed by atoms with van der Waals surface area (Å²) in [5.41, 5.74) is 0.783. The van der Waals surface area contributed by atoms with Crippen molar-refractivity contribution in [2.45, 2.75) is 51.0 Å². The lowest BCUT2D eigenvalue weighted by atomic mass is 10.0. The van der Waals surface area contributed by atoms with Crippen LogP contribution in [0.3, 0.4) is 0 Å². The van der Waals surface area contributed by atoms with E-state index in [2.05, 4.69) is 15.3 Å². The van der Waals surface area contributed by atoms with Gasteiger partial charge in [0.2, 0.25) is 11.8 Å². The van der Waals surface area contributed by atoms with E-state index in [4.69, 9.17) is 4.74 Å². The fourth-order valence-electron chi connectivity index (χ4n) is 3.28. The molecule has 0 unspecified atom stereocenters. The Labute approximate surface area is 148 Å². The van der Waals surface area contributed by atoms with Crippen LogP contribution in [0.5, 0.6) is 0 Å². The molecule has 0 spiro atoms. The Kier molecular flexibility index (Phi) is 6.33. The van der Waals surface area contributed by atoms with Crippen molar-refractivity contribution in [3.05, 3.63) is 23.8 Å². The van der Waals surface area contributed by atoms with E-state index in [-0.39, 0.29) is 24.3 Å². The molecule has 3 rings (SSSR count). The molecule has 2 fully saturated rings. The van der Waals surface area contributed by atoms with Gasteiger partial charge in [-0.2, -0.15) is 0 Å². The Hall–Kier alpha value is -2.02. The summed E-state index contributed by atoms with van der Waals surface area (Å²) in [4.78, 5) is 34.7. The maximum atomic E-state index is 12.2. The molecule has 1 atom stereocenters. The number of hydrogen-bond donors (Lipinski definition) is 1. The van der Waals surface area contributed by atoms with Gasteiger partial charge in [0.15, 0.2) is 0 Å². The van der Waals surface area contributed by atoms with Crippen LogP contribution in [0.25, 0.3) is 0 Å². The normalized spacial score (nSPS) is 21.7. The van der Waals surface area contributed by atoms with E-state index < -0.39 is 0 Å². The van der Waals surface area contributed by atoms with E-state index in [0.29, 0.717) is 26.1 Å². The maximum absolute atomic E-state index is 12.2. The van der Waals surface area contributed by atoms with Crippen LogP contribution in [0.15, 0.2) is 12.3 Å². The molecule has 7 heteroatoms. The van der Waals surface area contributed by atoms with Crippen LogP contribution in [-0.4, -0.2) is 53.0 Å². The van der Waals surface area contributed by atoms with E-state index >= 15 is 0 Å². The van der Waals surface area contributed by atoms with Gasteiger partial charge in [-0.3, -0.25) is 9.59 Å². The summed E-state index contributed by atoms with van der Waals surface area (Å²) >= 11 is 0. The molecular weight excluding hydrogens is 320 g/mol. The predicted octanol–water partition coefficient (Wildman–Crippen LogP) is 1.39. The Morgan fingerprint density at radius 2 is 2.24 bits per heavy atom. The molecule has 25 heavy (non-hydrogen) atoms. The number of carbonyl (C=O) groups excluding carboxylic acids is 2. The van der Waals surface area contributed by atoms with Crippen LogP contribution in [0.2, 0.25) is 0 Å². The van der Waals surface area contributed by atoms with Gasteiger partial charge in [0.1, 0.15) is 5.82 Å². The highest BCUT2D eigenvalue weighted by Gasteiger charge is 2.20. The Morgan fingerprint density at radius 1 is 1.32 bits per heavy atom. The Bertz CT molecular complexity index is 602. The first-order valence-electron chi connectivity index (χ1n) is 9.16. The van der Waals surface area contributed by atoms with E-state index in [9.17, 15) is 9.59 Å². The summed E-state index contributed by atoms with van der Waals surface area (Å²) in [5.74, 6) is 0.957. The van der Waals surface area contributed by atoms with Gasteiger partial charge in [0.25, 0.3) is 0 Å². The van der Waals surface area contributed by atoms with Crippen molar-refractivity contribution >= 4 is 11.8 Å². The van der Waals surface area contributed by atoms with Crippen molar-refractivity contribution in [1.29, 1.82) is 0 Å². The lowest BCUT2D eigenvalue weighted by Gasteiger charge is -2.21. The molecule has 2 saturated heterocycles. The summed E-state index contributed by atoms with van der Waals surface area (Å²) in [6.07, 6.45) is 7.29. The first kappa shape index (κ1) is 17.8. The maximum Gasteiger partial charge on any atom is 0.239 e. The first-order chi connectivity index (χ1) is 12.2. The van der Waals surface area contributed by atoms with Gasteiger partial charge in [0, 0.05) is 31.7 Å². The highest BCUT2D eigenvalue weighted by Crippen LogP contribution is 2.22. The molecule has 1 N–H and O–H groups in total. The van der Waals surface area contributed by atoms with Gasteiger partial charge >= 0.3 is 0 Å². The van der Waals surface area contributed by atoms with Gasteiger partial charge in [-0.05, 0) is 31.7 Å². The topological polar surface area (TPSA) is 84.4 Å². The number of rotatable bonds is 5. The molecule has 0 aromatic carbocycles. The van der Waals surface area contributed by atoms with E-state index in [1.54, 1.807) is 11.1 Å². The van der Waals surface area contributed by atoms with Crippen LogP contribution in [0, 0.1) is 0 Å². The molecule has 0 bridgehead atoms. The molecule has 0 aliphatic carbocycles. The second-order valence-electron chi connectivity index (χ2n) is 6.72. The Morgan fingerprint density at radius 3 is 3.08 bits per heavy atom. The lowest BCUT2D eigenvalue weighted by Crippen LogP contribution is -2.40. The molecule has 2 aliphatic heterocycles. The average Bonchev–Trinajstić information content (AvgIpc) is 2.85. The summed E-state index contributed by atoms with van der Waals surface area (Å²) in [7, 11) is 0. The third-order valence-corrected chi connectivity index (χ3v) is 4.73. The van der Waals surface area contributed by atoms with Gasteiger partial charge in [-0.1, -0.05) is 6.42 Å². The fourth-order valence-corrected chi connectivity index (χ4v) is 3.28. The van der Waals surface area contributed by atoms with E-state index in [1.807, 2.05) is 6.07 Å². The minimum atomic E-state index is -0.142. The van der Waals surface area contributed by atoms with Crippen LogP contribution in [-0.2, 0) is 20.9 Å². The number of nitrogens with zero attached hydrogens (tertiary/aromatic N) is 3. The summed E-state index contributed by atoms with van der Waals surface area (Å²) in [6.45, 7) is 2.62. The number of nitrogens with one attached hydrogen (secondary N) is 1. The molecule has 0 saturated carbocycles. The minimum Gasteiger partial charge on any atom is -0.381 e. The molecule has 1 aromatic heterocycles. The number of amides is 2. The molecular formula is C18H26N4O3. The second-order valence-corrected chi connectivity index (χ2v) is 6.72. The van der Waals surface area contributed by atoms with Gasteiger partial charge in [0.05, 0.1) is 25.4 Å². The van der Waals surface area contributed by atoms with E-state index in [0.717, 1.165) is 50.2 Å². The zero-order valence-corrected chi connectivity index (χ0v) is 14.6. The number of carbonyl (C=O) groups is 2. The highest BCUT2D eigenvalue weighted by atomic mass is 16.5. The molecule has 2 amide bonds. The van der Waals surface area contributed by atoms with Crippen molar-refractivity contribution in [3.8, 4) is 0 Å². The van der Waals surface area contributed by atoms with Crippen molar-refractivity contribution in [3.63, 3.8) is 0 Å². The number of likely N-dealkylation sites (tertiary alicyclic amines) is 1. The van der Waals surface area contributed by atoms with E-state index in [1.165, 1.54) is 0 Å². The SMILES string of the molecule is O=C(CN1CCCCCC1=O)NCc1ccnc([C@H]2CCCOC2)n1. The predicted molar refractivity (Wildman–Crippen MR) is 91.7 cm³/mol. The number of aromatic nitrogens is 2. The van der Waals surface area contributed by atoms with Gasteiger partial charge in [-0.15, -0.1) is 0 Å². The minimum absolute atomic E-state index is 0.0780. The third kappa shape index (κ3) is 5.22. The second kappa shape index (κ2) is 8.89. The lowest BCUT2D eigenvalue weighted by molar-refractivity contribution is -0.135. The molecule has 0 radical (unpaired) electrons. The van der Waals surface area contributed by atoms with Gasteiger partial charge < -0.3 is 15.0 Å². The standard InChI is InChI=1S/C18H26N4O3/c23-16(12-22-9-3-1-2-6-17(22)24)20-11-15-7-8-19-18(21-15)14-5-4-10-25-13-14/h7-8,14H,1-6,9-13H2,(H,20,23)/t14-/m0/s1. The van der Waals surface area contributed by atoms with Crippen LogP contribution >= 0.6 is 0 Å². The van der Waals surface area contributed by atoms with Crippen LogP contribution in [0.4, 0.5) is 0 Å². The third-order valence-electron chi connectivity index (χ3n) is 4.73. The fraction of sp³-hybridized carbons (Fsp3) is 0.667. The first-order valence-corrected chi connectivity index (χ1v) is 9.16. The van der Waals surface area contributed by atoms with Crippen molar-refractivity contribution in [1.82, 2.24) is 20.2 Å². The molecule has 7 nitrogen and oxygen atoms in total. The molecule has 3 heterocycles. The van der Waals surface area contributed by atoms with Crippen LogP contribution < -0.4 is 5.32 Å². The summed E-state index contributed by atoms with van der Waals surface area (Å²) in [5, 5.41) is 2.86. The zero-order valence-electron chi connectivity index (χ0n) is 14.6. The summed E-state index contributed by atoms with van der Waals surface area (Å²) < 4.78 is 5.49. The van der Waals surface area contributed by atoms with Crippen molar-refractivity contribution in [2.75, 3.05) is 26.3 Å². The van der Waals surface area contributed by atoms with Crippen molar-refractivity contribution < 1.29 is 14.3 Å². The monoisotopic (exact) mass is 346 g/mol. The molecule has 1 aromatic rings. The van der Waals surface area contributed by atoms with Gasteiger partial charge in [-0.25, -0.2) is 9.97 Å². The van der Waals surface area contributed by atoms with Crippen molar-refractivity contribution in [2.24, 2.45) is 0 Å². The highest BCUT2D eigenvalue weighted by molar-refractivity contribution is 5.84. The molecule has 136 valence electrons. The number of ether oxygens (including phenoxy) is 1. The largest absolute Gasteiger partial charge is 0.381 e. The smallest absolute Gasteiger partial charge is 0.239 e. The summed E-state index contributed by atoms with van der Waals surface area (Å²) in [6, 6.07) is 1.81. The average molecular weight is 346 g/mol. The Balaban J connectivity index is 1.50. The zero-order chi connectivity index (χ0) is 17.5. The quantitative estimate of drug-likeness (QED) is 0.871. The van der Waals surface area contributed by atoms with Crippen LogP contribution in [0.1, 0.15) is 56.0 Å². The molecule has 2 aliphatic rings.